The van der Waals surface area contributed by atoms with Crippen LogP contribution in [0.1, 0.15) is 82.7 Å². The molecule has 1 unspecified atom stereocenters. The van der Waals surface area contributed by atoms with Gasteiger partial charge in [-0.3, -0.25) is 0 Å². The zero-order valence-electron chi connectivity index (χ0n) is 39.0. The first-order valence-corrected chi connectivity index (χ1v) is 23.4. The molecule has 0 bridgehead atoms. The second-order valence-corrected chi connectivity index (χ2v) is 20.2. The Morgan fingerprint density at radius 2 is 0.969 bits per heavy atom. The number of hydrogen-bond donors (Lipinski definition) is 0. The molecule has 1 spiro atoms. The van der Waals surface area contributed by atoms with Crippen molar-refractivity contribution in [2.45, 2.75) is 71.1 Å². The van der Waals surface area contributed by atoms with Crippen molar-refractivity contribution in [3.63, 3.8) is 0 Å². The summed E-state index contributed by atoms with van der Waals surface area (Å²) in [5.41, 5.74) is 22.5. The molecular formula is C64H59N. The highest BCUT2D eigenvalue weighted by Gasteiger charge is 2.56. The van der Waals surface area contributed by atoms with Crippen LogP contribution in [0.15, 0.2) is 224 Å². The Bertz CT molecular complexity index is 2900. The minimum atomic E-state index is -0.491. The van der Waals surface area contributed by atoms with Gasteiger partial charge in [0, 0.05) is 17.1 Å². The van der Waals surface area contributed by atoms with E-state index in [1.165, 1.54) is 83.5 Å². The van der Waals surface area contributed by atoms with Crippen LogP contribution >= 0.6 is 0 Å². The molecular weight excluding hydrogens is 783 g/mol. The predicted octanol–water partition coefficient (Wildman–Crippen LogP) is 17.5. The molecule has 3 aliphatic carbocycles. The lowest BCUT2D eigenvalue weighted by atomic mass is 9.62. The lowest BCUT2D eigenvalue weighted by molar-refractivity contribution is 0.576. The van der Waals surface area contributed by atoms with Gasteiger partial charge in [0.1, 0.15) is 0 Å². The van der Waals surface area contributed by atoms with E-state index in [1.54, 1.807) is 0 Å². The van der Waals surface area contributed by atoms with Crippen molar-refractivity contribution in [2.24, 2.45) is 5.92 Å². The third-order valence-corrected chi connectivity index (χ3v) is 14.0. The average molecular weight is 842 g/mol. The van der Waals surface area contributed by atoms with Crippen molar-refractivity contribution in [3.8, 4) is 33.4 Å². The minimum absolute atomic E-state index is 0.0192. The molecule has 1 heteroatoms. The molecule has 0 N–H and O–H groups in total. The van der Waals surface area contributed by atoms with Crippen molar-refractivity contribution in [1.82, 2.24) is 0 Å². The maximum Gasteiger partial charge on any atom is 0.0697 e. The summed E-state index contributed by atoms with van der Waals surface area (Å²) < 4.78 is 0. The van der Waals surface area contributed by atoms with Crippen LogP contribution in [0, 0.1) is 5.92 Å². The van der Waals surface area contributed by atoms with Crippen LogP contribution in [0.2, 0.25) is 0 Å². The van der Waals surface area contributed by atoms with Gasteiger partial charge in [0.25, 0.3) is 0 Å². The second-order valence-electron chi connectivity index (χ2n) is 20.2. The van der Waals surface area contributed by atoms with Gasteiger partial charge in [-0.2, -0.15) is 0 Å². The SMILES string of the molecule is C=C/C=C\C1=C(c2ccc(N(c3ccc(-c4ccccc4)cc3)c3ccc(-c4ccccc4)cc3)cc2)C2(C3=C1C=CCC3C)c1cc(C(C)(C)C)ccc1-c1ccc(C(C)(C)C)cc12. The zero-order valence-corrected chi connectivity index (χ0v) is 39.0. The number of nitrogens with zero attached hydrogens (tertiary/aromatic N) is 1. The van der Waals surface area contributed by atoms with E-state index in [0.29, 0.717) is 5.92 Å². The predicted molar refractivity (Wildman–Crippen MR) is 278 cm³/mol. The molecule has 0 radical (unpaired) electrons. The number of benzene rings is 7. The van der Waals surface area contributed by atoms with Crippen LogP contribution in [-0.4, -0.2) is 0 Å². The maximum absolute atomic E-state index is 4.16. The molecule has 0 amide bonds. The molecule has 0 fully saturated rings. The van der Waals surface area contributed by atoms with Crippen molar-refractivity contribution < 1.29 is 0 Å². The third kappa shape index (κ3) is 7.19. The highest BCUT2D eigenvalue weighted by molar-refractivity contribution is 6.02. The number of hydrogen-bond acceptors (Lipinski definition) is 1. The van der Waals surface area contributed by atoms with Crippen molar-refractivity contribution in [2.75, 3.05) is 4.90 Å². The normalized spacial score (nSPS) is 16.3. The summed E-state index contributed by atoms with van der Waals surface area (Å²) in [4.78, 5) is 2.39. The van der Waals surface area contributed by atoms with Crippen molar-refractivity contribution in [1.29, 1.82) is 0 Å². The molecule has 0 aromatic heterocycles. The molecule has 3 aliphatic rings. The first-order chi connectivity index (χ1) is 31.4. The molecule has 10 rings (SSSR count). The number of rotatable bonds is 8. The van der Waals surface area contributed by atoms with E-state index in [9.17, 15) is 0 Å². The van der Waals surface area contributed by atoms with E-state index in [2.05, 4.69) is 254 Å². The van der Waals surface area contributed by atoms with Gasteiger partial charge in [0.05, 0.1) is 5.41 Å². The van der Waals surface area contributed by atoms with Crippen LogP contribution in [0.5, 0.6) is 0 Å². The summed E-state index contributed by atoms with van der Waals surface area (Å²) >= 11 is 0. The topological polar surface area (TPSA) is 3.24 Å². The van der Waals surface area contributed by atoms with Gasteiger partial charge in [-0.1, -0.05) is 219 Å². The quantitative estimate of drug-likeness (QED) is 0.138. The third-order valence-electron chi connectivity index (χ3n) is 14.0. The number of anilines is 3. The Morgan fingerprint density at radius 1 is 0.538 bits per heavy atom. The highest BCUT2D eigenvalue weighted by Crippen LogP contribution is 2.67. The summed E-state index contributed by atoms with van der Waals surface area (Å²) in [7, 11) is 0. The van der Waals surface area contributed by atoms with E-state index in [-0.39, 0.29) is 10.8 Å². The zero-order chi connectivity index (χ0) is 45.1. The van der Waals surface area contributed by atoms with Gasteiger partial charge in [-0.05, 0) is 143 Å². The highest BCUT2D eigenvalue weighted by atomic mass is 15.1. The fourth-order valence-electron chi connectivity index (χ4n) is 10.8. The Hall–Kier alpha value is -6.96. The van der Waals surface area contributed by atoms with Crippen molar-refractivity contribution in [3.05, 3.63) is 251 Å². The summed E-state index contributed by atoms with van der Waals surface area (Å²) in [6.07, 6.45) is 12.2. The van der Waals surface area contributed by atoms with Crippen LogP contribution in [-0.2, 0) is 16.2 Å². The summed E-state index contributed by atoms with van der Waals surface area (Å²) in [6.45, 7) is 20.7. The number of fused-ring (bicyclic) bond motifs is 6. The Morgan fingerprint density at radius 3 is 1.40 bits per heavy atom. The van der Waals surface area contributed by atoms with Crippen LogP contribution < -0.4 is 4.90 Å². The van der Waals surface area contributed by atoms with E-state index < -0.39 is 5.41 Å². The Kier molecular flexibility index (Phi) is 10.5. The molecule has 7 aromatic rings. The van der Waals surface area contributed by atoms with Gasteiger partial charge < -0.3 is 4.90 Å². The molecule has 0 aliphatic heterocycles. The van der Waals surface area contributed by atoms with E-state index >= 15 is 0 Å². The molecule has 0 saturated carbocycles. The first-order valence-electron chi connectivity index (χ1n) is 23.4. The van der Waals surface area contributed by atoms with Gasteiger partial charge in [0.15, 0.2) is 0 Å². The molecule has 1 atom stereocenters. The summed E-state index contributed by atoms with van der Waals surface area (Å²) in [6, 6.07) is 63.4. The van der Waals surface area contributed by atoms with Crippen LogP contribution in [0.25, 0.3) is 39.0 Å². The van der Waals surface area contributed by atoms with Crippen LogP contribution in [0.4, 0.5) is 17.1 Å². The monoisotopic (exact) mass is 841 g/mol. The maximum atomic E-state index is 4.16. The first kappa shape index (κ1) is 42.0. The van der Waals surface area contributed by atoms with Crippen molar-refractivity contribution >= 4 is 22.6 Å². The van der Waals surface area contributed by atoms with E-state index in [0.717, 1.165) is 23.5 Å². The molecule has 0 saturated heterocycles. The fraction of sp³-hybridized carbons (Fsp3) is 0.188. The van der Waals surface area contributed by atoms with Gasteiger partial charge in [0.2, 0.25) is 0 Å². The minimum Gasteiger partial charge on any atom is -0.311 e. The molecule has 320 valence electrons. The fourth-order valence-corrected chi connectivity index (χ4v) is 10.8. The Balaban J connectivity index is 1.19. The van der Waals surface area contributed by atoms with Gasteiger partial charge >= 0.3 is 0 Å². The van der Waals surface area contributed by atoms with E-state index in [4.69, 9.17) is 0 Å². The Labute approximate surface area is 387 Å². The summed E-state index contributed by atoms with van der Waals surface area (Å²) in [5.74, 6) is 0.336. The molecule has 7 aromatic carbocycles. The standard InChI is InChI=1S/C64H59N/c1-9-10-23-57-56-24-17-18-43(2)60(56)64(58-41-49(62(3,4)5)31-39-54(58)55-40-32-50(42-59(55)64)63(6,7)8)61(57)48-29-37-53(38-30-48)65(51-33-25-46(26-34-51)44-19-13-11-14-20-44)52-35-27-47(28-36-52)45-21-15-12-16-22-45/h9-17,19-43H,1,18H2,2-8H3/b23-10-. The molecule has 1 nitrogen and oxygen atoms in total. The van der Waals surface area contributed by atoms with E-state index in [1.807, 2.05) is 6.08 Å². The lowest BCUT2D eigenvalue weighted by Crippen LogP contribution is -2.32. The molecule has 65 heavy (non-hydrogen) atoms. The van der Waals surface area contributed by atoms with Gasteiger partial charge in [-0.15, -0.1) is 0 Å². The lowest BCUT2D eigenvalue weighted by Gasteiger charge is -2.39. The number of allylic oxidation sites excluding steroid dienone is 9. The van der Waals surface area contributed by atoms with Crippen LogP contribution in [0.3, 0.4) is 0 Å². The average Bonchev–Trinajstić information content (AvgIpc) is 3.78. The smallest absolute Gasteiger partial charge is 0.0697 e. The largest absolute Gasteiger partial charge is 0.311 e. The van der Waals surface area contributed by atoms with Gasteiger partial charge in [-0.25, -0.2) is 0 Å². The summed E-state index contributed by atoms with van der Waals surface area (Å²) in [5, 5.41) is 0. The molecule has 0 heterocycles. The second kappa shape index (κ2) is 16.2.